The van der Waals surface area contributed by atoms with Gasteiger partial charge in [0.05, 0.1) is 17.5 Å². The van der Waals surface area contributed by atoms with Gasteiger partial charge in [0, 0.05) is 5.69 Å². The van der Waals surface area contributed by atoms with Crippen LogP contribution < -0.4 is 10.9 Å². The number of aliphatic imine (C=N–C) groups is 1. The molecule has 1 N–H and O–H groups in total. The van der Waals surface area contributed by atoms with Crippen LogP contribution in [-0.4, -0.2) is 28.0 Å². The number of para-hydroxylation sites is 2. The maximum atomic E-state index is 13.8. The highest BCUT2D eigenvalue weighted by atomic mass is 16.5. The summed E-state index contributed by atoms with van der Waals surface area (Å²) >= 11 is 0. The van der Waals surface area contributed by atoms with Crippen LogP contribution in [0.2, 0.25) is 0 Å². The minimum atomic E-state index is -1.08. The van der Waals surface area contributed by atoms with Crippen molar-refractivity contribution in [2.75, 3.05) is 11.9 Å². The van der Waals surface area contributed by atoms with Gasteiger partial charge in [-0.05, 0) is 43.0 Å². The summed E-state index contributed by atoms with van der Waals surface area (Å²) in [5.74, 6) is 0.833. The first kappa shape index (κ1) is 19.2. The Morgan fingerprint density at radius 1 is 1.16 bits per heavy atom. The van der Waals surface area contributed by atoms with Crippen molar-refractivity contribution in [2.45, 2.75) is 44.2 Å². The largest absolute Gasteiger partial charge is 0.480 e. The third-order valence-electron chi connectivity index (χ3n) is 7.33. The van der Waals surface area contributed by atoms with Crippen molar-refractivity contribution in [2.24, 2.45) is 10.9 Å². The predicted octanol–water partition coefficient (Wildman–Crippen LogP) is 3.53. The van der Waals surface area contributed by atoms with E-state index in [1.165, 1.54) is 0 Å². The zero-order chi connectivity index (χ0) is 22.3. The predicted molar refractivity (Wildman–Crippen MR) is 122 cm³/mol. The maximum Gasteiger partial charge on any atom is 0.262 e. The standard InChI is InChI=1S/C25H24N4O3/c1-4-32-20-19-13-24(16-10-6-8-12-18(16)27-23(24)31)25(28-20,14(2)3)22-26-17-11-7-5-9-15(17)21(30)29(19)22/h5-12,14,19H,4,13H2,1-3H3,(H,27,31)/t19-,24-,25+/m1/s1. The second-order valence-corrected chi connectivity index (χ2v) is 9.06. The quantitative estimate of drug-likeness (QED) is 0.677. The van der Waals surface area contributed by atoms with Gasteiger partial charge in [-0.2, -0.15) is 0 Å². The van der Waals surface area contributed by atoms with Gasteiger partial charge in [0.25, 0.3) is 5.56 Å². The monoisotopic (exact) mass is 428 g/mol. The third-order valence-corrected chi connectivity index (χ3v) is 7.33. The third kappa shape index (κ3) is 2.02. The molecule has 7 rings (SSSR count). The molecule has 0 radical (unpaired) electrons. The lowest BCUT2D eigenvalue weighted by molar-refractivity contribution is -0.127. The van der Waals surface area contributed by atoms with Gasteiger partial charge in [0.2, 0.25) is 11.8 Å². The first-order valence-corrected chi connectivity index (χ1v) is 11.1. The molecule has 1 aromatic heterocycles. The summed E-state index contributed by atoms with van der Waals surface area (Å²) in [5, 5.41) is 3.65. The van der Waals surface area contributed by atoms with Crippen LogP contribution in [0.25, 0.3) is 10.9 Å². The minimum absolute atomic E-state index is 0.0923. The number of fused-ring (bicyclic) bond motifs is 2. The number of rotatable bonds is 2. The maximum absolute atomic E-state index is 13.8. The number of aromatic nitrogens is 2. The average molecular weight is 428 g/mol. The Kier molecular flexibility index (Phi) is 3.77. The van der Waals surface area contributed by atoms with Crippen LogP contribution in [0.15, 0.2) is 58.3 Å². The number of benzene rings is 2. The van der Waals surface area contributed by atoms with Crippen LogP contribution in [0.4, 0.5) is 5.69 Å². The van der Waals surface area contributed by atoms with Gasteiger partial charge in [-0.3, -0.25) is 14.2 Å². The number of ether oxygens (including phenoxy) is 1. The highest BCUT2D eigenvalue weighted by Crippen LogP contribution is 2.63. The SMILES string of the molecule is CCOC1=N[C@@]2(C(C)C)c3nc4ccccc4c(=O)n3[C@@H]1C[C@@]21C(=O)Nc2ccccc21. The summed E-state index contributed by atoms with van der Waals surface area (Å²) < 4.78 is 7.71. The number of nitrogens with one attached hydrogen (secondary N) is 1. The van der Waals surface area contributed by atoms with Gasteiger partial charge in [-0.25, -0.2) is 9.98 Å². The molecular weight excluding hydrogens is 404 g/mol. The van der Waals surface area contributed by atoms with Gasteiger partial charge >= 0.3 is 0 Å². The van der Waals surface area contributed by atoms with Crippen LogP contribution in [0.1, 0.15) is 44.6 Å². The molecule has 7 heteroatoms. The van der Waals surface area contributed by atoms with Crippen molar-refractivity contribution in [1.82, 2.24) is 9.55 Å². The first-order chi connectivity index (χ1) is 15.5. The smallest absolute Gasteiger partial charge is 0.262 e. The van der Waals surface area contributed by atoms with E-state index in [0.717, 1.165) is 11.3 Å². The first-order valence-electron chi connectivity index (χ1n) is 11.1. The van der Waals surface area contributed by atoms with Crippen molar-refractivity contribution in [1.29, 1.82) is 0 Å². The van der Waals surface area contributed by atoms with E-state index in [4.69, 9.17) is 14.7 Å². The summed E-state index contributed by atoms with van der Waals surface area (Å²) in [6, 6.07) is 14.7. The highest BCUT2D eigenvalue weighted by molar-refractivity contribution is 6.09. The van der Waals surface area contributed by atoms with E-state index in [-0.39, 0.29) is 17.4 Å². The van der Waals surface area contributed by atoms with Crippen molar-refractivity contribution in [3.05, 3.63) is 70.3 Å². The summed E-state index contributed by atoms with van der Waals surface area (Å²) in [6.07, 6.45) is 0.403. The Hall–Kier alpha value is -3.48. The Balaban J connectivity index is 1.78. The van der Waals surface area contributed by atoms with E-state index < -0.39 is 17.0 Å². The molecule has 4 aliphatic rings. The van der Waals surface area contributed by atoms with E-state index in [0.29, 0.717) is 35.7 Å². The topological polar surface area (TPSA) is 85.6 Å². The number of nitrogens with zero attached hydrogens (tertiary/aromatic N) is 3. The molecular formula is C25H24N4O3. The minimum Gasteiger partial charge on any atom is -0.480 e. The number of amides is 1. The summed E-state index contributed by atoms with van der Waals surface area (Å²) in [7, 11) is 0. The van der Waals surface area contributed by atoms with Crippen molar-refractivity contribution in [3.8, 4) is 0 Å². The highest BCUT2D eigenvalue weighted by Gasteiger charge is 2.71. The lowest BCUT2D eigenvalue weighted by atomic mass is 9.54. The van der Waals surface area contributed by atoms with Crippen LogP contribution in [0, 0.1) is 5.92 Å². The summed E-state index contributed by atoms with van der Waals surface area (Å²) in [6.45, 7) is 6.42. The summed E-state index contributed by atoms with van der Waals surface area (Å²) in [5.41, 5.74) is 0.169. The van der Waals surface area contributed by atoms with E-state index in [2.05, 4.69) is 5.32 Å². The molecule has 0 aliphatic carbocycles. The number of hydrogen-bond donors (Lipinski definition) is 1. The van der Waals surface area contributed by atoms with Crippen LogP contribution in [0.3, 0.4) is 0 Å². The van der Waals surface area contributed by atoms with E-state index >= 15 is 0 Å². The van der Waals surface area contributed by atoms with Gasteiger partial charge < -0.3 is 10.1 Å². The Bertz CT molecular complexity index is 1390. The van der Waals surface area contributed by atoms with E-state index in [1.54, 1.807) is 10.6 Å². The second-order valence-electron chi connectivity index (χ2n) is 9.06. The molecule has 0 saturated carbocycles. The molecule has 1 amide bonds. The Morgan fingerprint density at radius 3 is 2.69 bits per heavy atom. The molecule has 0 saturated heterocycles. The zero-order valence-electron chi connectivity index (χ0n) is 18.3. The van der Waals surface area contributed by atoms with Gasteiger partial charge in [0.1, 0.15) is 22.8 Å². The van der Waals surface area contributed by atoms with Gasteiger partial charge in [0.15, 0.2) is 0 Å². The molecule has 2 aromatic carbocycles. The molecule has 3 atom stereocenters. The van der Waals surface area contributed by atoms with Crippen molar-refractivity contribution < 1.29 is 9.53 Å². The van der Waals surface area contributed by atoms with Crippen molar-refractivity contribution >= 4 is 28.4 Å². The van der Waals surface area contributed by atoms with Crippen molar-refractivity contribution in [3.63, 3.8) is 0 Å². The van der Waals surface area contributed by atoms with Crippen LogP contribution >= 0.6 is 0 Å². The lowest BCUT2D eigenvalue weighted by Gasteiger charge is -2.56. The molecule has 0 fully saturated rings. The molecule has 162 valence electrons. The number of hydrogen-bond acceptors (Lipinski definition) is 5. The number of carbonyl (C=O) groups is 1. The fourth-order valence-corrected chi connectivity index (χ4v) is 6.08. The number of carbonyl (C=O) groups excluding carboxylic acids is 1. The Morgan fingerprint density at radius 2 is 1.91 bits per heavy atom. The van der Waals surface area contributed by atoms with Gasteiger partial charge in [-0.1, -0.05) is 44.2 Å². The molecule has 0 unspecified atom stereocenters. The molecule has 5 heterocycles. The average Bonchev–Trinajstić information content (AvgIpc) is 3.06. The molecule has 32 heavy (non-hydrogen) atoms. The zero-order valence-corrected chi connectivity index (χ0v) is 18.3. The Labute approximate surface area is 185 Å². The lowest BCUT2D eigenvalue weighted by Crippen LogP contribution is -2.66. The molecule has 1 spiro atoms. The molecule has 2 bridgehead atoms. The van der Waals surface area contributed by atoms with E-state index in [1.807, 2.05) is 63.2 Å². The molecule has 4 aliphatic heterocycles. The van der Waals surface area contributed by atoms with Crippen LogP contribution in [-0.2, 0) is 20.5 Å². The second kappa shape index (κ2) is 6.28. The van der Waals surface area contributed by atoms with Crippen LogP contribution in [0.5, 0.6) is 0 Å². The van der Waals surface area contributed by atoms with Gasteiger partial charge in [-0.15, -0.1) is 0 Å². The normalized spacial score (nSPS) is 27.4. The molecule has 3 aromatic rings. The molecule has 7 nitrogen and oxygen atoms in total. The number of anilines is 1. The fraction of sp³-hybridized carbons (Fsp3) is 0.360. The fourth-order valence-electron chi connectivity index (χ4n) is 6.08. The summed E-state index contributed by atoms with van der Waals surface area (Å²) in [4.78, 5) is 37.7. The van der Waals surface area contributed by atoms with E-state index in [9.17, 15) is 9.59 Å².